The zero-order chi connectivity index (χ0) is 21.1. The third kappa shape index (κ3) is 3.84. The molecule has 0 spiro atoms. The Morgan fingerprint density at radius 3 is 1.43 bits per heavy atom. The Morgan fingerprint density at radius 1 is 0.667 bits per heavy atom. The van der Waals surface area contributed by atoms with Crippen LogP contribution in [0, 0.1) is 0 Å². The van der Waals surface area contributed by atoms with Gasteiger partial charge in [-0.15, -0.1) is 20.4 Å². The summed E-state index contributed by atoms with van der Waals surface area (Å²) in [6.07, 6.45) is 3.58. The third-order valence-corrected chi connectivity index (χ3v) is 6.79. The highest BCUT2D eigenvalue weighted by molar-refractivity contribution is 8.76. The molecule has 0 aliphatic carbocycles. The van der Waals surface area contributed by atoms with Gasteiger partial charge in [0.25, 0.3) is 0 Å². The molecule has 30 heavy (non-hydrogen) atoms. The standard InChI is InChI=1S/C16H22N12S2/c1-5-25-15(11(9-17-25)13-19-23-27(7-3)21-13)29-30-16-12(10-18-26(16)6-2)14-20-24-28(8-4)22-14/h9-10H,5-8H2,1-4H3. The van der Waals surface area contributed by atoms with E-state index in [0.29, 0.717) is 24.7 Å². The van der Waals surface area contributed by atoms with E-state index in [1.54, 1.807) is 43.6 Å². The van der Waals surface area contributed by atoms with E-state index in [4.69, 9.17) is 0 Å². The zero-order valence-electron chi connectivity index (χ0n) is 17.2. The second kappa shape index (κ2) is 8.95. The minimum atomic E-state index is 0.566. The lowest BCUT2D eigenvalue weighted by Crippen LogP contribution is -2.00. The molecular formula is C16H22N12S2. The predicted molar refractivity (Wildman–Crippen MR) is 112 cm³/mol. The number of tetrazole rings is 2. The number of aromatic nitrogens is 12. The Hall–Kier alpha value is -2.74. The van der Waals surface area contributed by atoms with Crippen LogP contribution >= 0.6 is 21.6 Å². The summed E-state index contributed by atoms with van der Waals surface area (Å²) in [7, 11) is 3.16. The van der Waals surface area contributed by atoms with E-state index in [9.17, 15) is 0 Å². The van der Waals surface area contributed by atoms with E-state index in [1.807, 2.05) is 23.2 Å². The minimum absolute atomic E-state index is 0.566. The Morgan fingerprint density at radius 2 is 1.10 bits per heavy atom. The molecule has 0 aliphatic rings. The van der Waals surface area contributed by atoms with Crippen LogP contribution in [0.25, 0.3) is 22.8 Å². The van der Waals surface area contributed by atoms with E-state index >= 15 is 0 Å². The summed E-state index contributed by atoms with van der Waals surface area (Å²) in [4.78, 5) is 3.13. The summed E-state index contributed by atoms with van der Waals surface area (Å²) in [6, 6.07) is 0. The van der Waals surface area contributed by atoms with Gasteiger partial charge in [0, 0.05) is 13.1 Å². The van der Waals surface area contributed by atoms with Crippen molar-refractivity contribution in [2.75, 3.05) is 0 Å². The molecule has 0 aliphatic heterocycles. The molecule has 4 heterocycles. The molecule has 4 rings (SSSR count). The van der Waals surface area contributed by atoms with Crippen molar-refractivity contribution in [3.05, 3.63) is 12.4 Å². The molecule has 0 aromatic carbocycles. The Balaban J connectivity index is 1.65. The zero-order valence-corrected chi connectivity index (χ0v) is 18.8. The summed E-state index contributed by atoms with van der Waals surface area (Å²) in [6.45, 7) is 10.8. The van der Waals surface area contributed by atoms with E-state index in [2.05, 4.69) is 54.9 Å². The number of hydrogen-bond acceptors (Lipinski definition) is 10. The lowest BCUT2D eigenvalue weighted by molar-refractivity contribution is 0.552. The van der Waals surface area contributed by atoms with Crippen molar-refractivity contribution in [3.8, 4) is 22.8 Å². The fourth-order valence-corrected chi connectivity index (χ4v) is 5.41. The van der Waals surface area contributed by atoms with Crippen LogP contribution in [0.15, 0.2) is 22.4 Å². The van der Waals surface area contributed by atoms with Gasteiger partial charge in [0.1, 0.15) is 10.1 Å². The maximum Gasteiger partial charge on any atom is 0.209 e. The number of rotatable bonds is 9. The van der Waals surface area contributed by atoms with Crippen molar-refractivity contribution >= 4 is 21.6 Å². The first kappa shape index (κ1) is 20.5. The summed E-state index contributed by atoms with van der Waals surface area (Å²) >= 11 is 0. The predicted octanol–water partition coefficient (Wildman–Crippen LogP) is 2.27. The third-order valence-electron chi connectivity index (χ3n) is 4.33. The molecular weight excluding hydrogens is 424 g/mol. The summed E-state index contributed by atoms with van der Waals surface area (Å²) in [5, 5.41) is 36.3. The smallest absolute Gasteiger partial charge is 0.209 e. The van der Waals surface area contributed by atoms with Crippen LogP contribution < -0.4 is 0 Å². The Labute approximate surface area is 180 Å². The molecule has 0 unspecified atom stereocenters. The van der Waals surface area contributed by atoms with Crippen molar-refractivity contribution in [1.82, 2.24) is 60.0 Å². The molecule has 0 saturated carbocycles. The van der Waals surface area contributed by atoms with Crippen LogP contribution in [0.4, 0.5) is 0 Å². The van der Waals surface area contributed by atoms with Crippen molar-refractivity contribution < 1.29 is 0 Å². The molecule has 0 fully saturated rings. The van der Waals surface area contributed by atoms with Crippen LogP contribution in [0.5, 0.6) is 0 Å². The molecule has 4 aromatic heterocycles. The van der Waals surface area contributed by atoms with Gasteiger partial charge in [0.15, 0.2) is 0 Å². The lowest BCUT2D eigenvalue weighted by Gasteiger charge is -2.08. The lowest BCUT2D eigenvalue weighted by atomic mass is 10.3. The van der Waals surface area contributed by atoms with Gasteiger partial charge in [-0.05, 0) is 59.7 Å². The van der Waals surface area contributed by atoms with Gasteiger partial charge in [-0.3, -0.25) is 9.36 Å². The maximum absolute atomic E-state index is 4.49. The van der Waals surface area contributed by atoms with Crippen molar-refractivity contribution in [1.29, 1.82) is 0 Å². The molecule has 14 heteroatoms. The average molecular weight is 447 g/mol. The summed E-state index contributed by atoms with van der Waals surface area (Å²) in [5.41, 5.74) is 1.71. The second-order valence-corrected chi connectivity index (χ2v) is 8.23. The topological polar surface area (TPSA) is 123 Å². The molecule has 0 amide bonds. The van der Waals surface area contributed by atoms with Crippen LogP contribution in [-0.4, -0.2) is 60.0 Å². The van der Waals surface area contributed by atoms with E-state index < -0.39 is 0 Å². The minimum Gasteiger partial charge on any atom is -0.258 e. The largest absolute Gasteiger partial charge is 0.258 e. The normalized spacial score (nSPS) is 11.5. The molecule has 0 saturated heterocycles. The van der Waals surface area contributed by atoms with E-state index in [1.165, 1.54) is 0 Å². The van der Waals surface area contributed by atoms with Crippen LogP contribution in [0.1, 0.15) is 27.7 Å². The highest BCUT2D eigenvalue weighted by Gasteiger charge is 2.21. The fourth-order valence-electron chi connectivity index (χ4n) is 2.73. The molecule has 12 nitrogen and oxygen atoms in total. The van der Waals surface area contributed by atoms with Crippen molar-refractivity contribution in [2.45, 2.75) is 63.9 Å². The first-order valence-corrected chi connectivity index (χ1v) is 11.9. The molecule has 0 radical (unpaired) electrons. The summed E-state index contributed by atoms with van der Waals surface area (Å²) in [5.74, 6) is 1.13. The number of hydrogen-bond donors (Lipinski definition) is 0. The highest BCUT2D eigenvalue weighted by Crippen LogP contribution is 2.44. The van der Waals surface area contributed by atoms with Crippen molar-refractivity contribution in [3.63, 3.8) is 0 Å². The first-order chi connectivity index (χ1) is 14.7. The molecule has 4 aromatic rings. The number of aryl methyl sites for hydroxylation is 4. The van der Waals surface area contributed by atoms with E-state index in [0.717, 1.165) is 34.3 Å². The molecule has 0 N–H and O–H groups in total. The van der Waals surface area contributed by atoms with Gasteiger partial charge < -0.3 is 0 Å². The average Bonchev–Trinajstić information content (AvgIpc) is 3.56. The Kier molecular flexibility index (Phi) is 6.13. The fraction of sp³-hybridized carbons (Fsp3) is 0.500. The SMILES string of the molecule is CCn1nnc(-c2cnn(CC)c2SSc2c(-c3nnn(CC)n3)cnn2CC)n1. The molecule has 158 valence electrons. The highest BCUT2D eigenvalue weighted by atomic mass is 33.1. The second-order valence-electron chi connectivity index (χ2n) is 6.13. The number of nitrogens with zero attached hydrogens (tertiary/aromatic N) is 12. The van der Waals surface area contributed by atoms with Gasteiger partial charge in [0.2, 0.25) is 11.6 Å². The van der Waals surface area contributed by atoms with Crippen LogP contribution in [-0.2, 0) is 26.2 Å². The van der Waals surface area contributed by atoms with Gasteiger partial charge in [-0.1, -0.05) is 0 Å². The van der Waals surface area contributed by atoms with Crippen LogP contribution in [0.3, 0.4) is 0 Å². The van der Waals surface area contributed by atoms with Gasteiger partial charge in [0.05, 0.1) is 36.6 Å². The van der Waals surface area contributed by atoms with Gasteiger partial charge in [-0.2, -0.15) is 19.8 Å². The maximum atomic E-state index is 4.49. The van der Waals surface area contributed by atoms with Gasteiger partial charge in [-0.25, -0.2) is 0 Å². The summed E-state index contributed by atoms with van der Waals surface area (Å²) < 4.78 is 3.86. The Bertz CT molecular complexity index is 1030. The quantitative estimate of drug-likeness (QED) is 0.354. The monoisotopic (exact) mass is 446 g/mol. The first-order valence-electron chi connectivity index (χ1n) is 9.70. The molecule has 0 bridgehead atoms. The van der Waals surface area contributed by atoms with E-state index in [-0.39, 0.29) is 0 Å². The van der Waals surface area contributed by atoms with Gasteiger partial charge >= 0.3 is 0 Å². The van der Waals surface area contributed by atoms with Crippen molar-refractivity contribution in [2.24, 2.45) is 0 Å². The van der Waals surface area contributed by atoms with Crippen LogP contribution in [0.2, 0.25) is 0 Å². The molecule has 0 atom stereocenters.